The summed E-state index contributed by atoms with van der Waals surface area (Å²) >= 11 is 3.47. The lowest BCUT2D eigenvalue weighted by Crippen LogP contribution is -3.00. The van der Waals surface area contributed by atoms with Crippen LogP contribution in [0.15, 0.2) is 89.7 Å². The molecule has 2 N–H and O–H groups in total. The maximum Gasteiger partial charge on any atom is 0.269 e. The first-order valence-corrected chi connectivity index (χ1v) is 12.3. The van der Waals surface area contributed by atoms with E-state index in [1.54, 1.807) is 18.2 Å². The number of nitrogens with one attached hydrogen (secondary N) is 2. The van der Waals surface area contributed by atoms with E-state index in [0.717, 1.165) is 26.6 Å². The lowest BCUT2D eigenvalue weighted by Gasteiger charge is -2.28. The predicted octanol–water partition coefficient (Wildman–Crippen LogP) is 2.82. The molecule has 0 aliphatic rings. The Labute approximate surface area is 239 Å². The van der Waals surface area contributed by atoms with Crippen molar-refractivity contribution in [2.24, 2.45) is 0 Å². The lowest BCUT2D eigenvalue weighted by atomic mass is 10.2. The molecule has 196 valence electrons. The summed E-state index contributed by atoms with van der Waals surface area (Å²) in [4.78, 5) is 31.7. The van der Waals surface area contributed by atoms with Crippen LogP contribution in [0.5, 0.6) is 0 Å². The Morgan fingerprint density at radius 1 is 1.05 bits per heavy atom. The zero-order valence-corrected chi connectivity index (χ0v) is 23.9. The molecule has 1 aromatic heterocycles. The normalized spacial score (nSPS) is 11.2. The summed E-state index contributed by atoms with van der Waals surface area (Å²) in [5.41, 5.74) is 3.32. The van der Waals surface area contributed by atoms with Crippen LogP contribution in [-0.4, -0.2) is 45.9 Å². The van der Waals surface area contributed by atoms with Crippen LogP contribution in [0.2, 0.25) is 0 Å². The molecule has 0 radical (unpaired) electrons. The molecule has 0 aliphatic heterocycles. The SMILES string of the molecule is C[N+](C)(C/C=C/C(=O)Nc1ccc2ncnc(Nc3cccc(Br)c3)c2c1)Cc1ccc([N+](=O)[O-])cc1.[Br-]. The summed E-state index contributed by atoms with van der Waals surface area (Å²) in [6.45, 7) is 1.28. The number of aromatic nitrogens is 2. The van der Waals surface area contributed by atoms with E-state index in [2.05, 4.69) is 36.5 Å². The summed E-state index contributed by atoms with van der Waals surface area (Å²) in [6.07, 6.45) is 4.84. The summed E-state index contributed by atoms with van der Waals surface area (Å²) < 4.78 is 1.53. The monoisotopic (exact) mass is 640 g/mol. The summed E-state index contributed by atoms with van der Waals surface area (Å²) in [7, 11) is 4.07. The zero-order chi connectivity index (χ0) is 26.4. The number of halogens is 2. The van der Waals surface area contributed by atoms with Crippen molar-refractivity contribution < 1.29 is 31.2 Å². The van der Waals surface area contributed by atoms with Crippen LogP contribution in [0.3, 0.4) is 0 Å². The Balaban J connectivity index is 0.00000400. The van der Waals surface area contributed by atoms with E-state index in [1.165, 1.54) is 24.5 Å². The molecule has 0 spiro atoms. The van der Waals surface area contributed by atoms with Crippen molar-refractivity contribution in [1.29, 1.82) is 0 Å². The molecule has 38 heavy (non-hydrogen) atoms. The second kappa shape index (κ2) is 12.7. The number of non-ortho nitro benzene ring substituents is 1. The number of quaternary nitrogens is 1. The number of nitro benzene ring substituents is 1. The zero-order valence-electron chi connectivity index (χ0n) is 20.8. The number of likely N-dealkylation sites (N-methyl/N-ethyl adjacent to an activating group) is 1. The number of benzene rings is 3. The van der Waals surface area contributed by atoms with Gasteiger partial charge in [-0.05, 0) is 54.6 Å². The predicted molar refractivity (Wildman–Crippen MR) is 149 cm³/mol. The molecule has 11 heteroatoms. The van der Waals surface area contributed by atoms with Gasteiger partial charge in [0.1, 0.15) is 18.7 Å². The molecular formula is C27H26Br2N6O3. The van der Waals surface area contributed by atoms with Crippen LogP contribution in [-0.2, 0) is 11.3 Å². The van der Waals surface area contributed by atoms with Crippen molar-refractivity contribution >= 4 is 55.6 Å². The molecule has 0 saturated carbocycles. The highest BCUT2D eigenvalue weighted by Gasteiger charge is 2.15. The van der Waals surface area contributed by atoms with Crippen LogP contribution in [0.4, 0.5) is 22.9 Å². The van der Waals surface area contributed by atoms with E-state index in [1.807, 2.05) is 56.6 Å². The first-order valence-electron chi connectivity index (χ1n) is 11.5. The second-order valence-corrected chi connectivity index (χ2v) is 10.1. The maximum atomic E-state index is 12.6. The van der Waals surface area contributed by atoms with Crippen molar-refractivity contribution in [2.45, 2.75) is 6.54 Å². The second-order valence-electron chi connectivity index (χ2n) is 9.18. The van der Waals surface area contributed by atoms with Gasteiger partial charge in [0.25, 0.3) is 5.69 Å². The summed E-state index contributed by atoms with van der Waals surface area (Å²) in [5.74, 6) is 0.396. The van der Waals surface area contributed by atoms with Gasteiger partial charge in [0.2, 0.25) is 5.91 Å². The first-order chi connectivity index (χ1) is 17.7. The smallest absolute Gasteiger partial charge is 0.269 e. The number of hydrogen-bond acceptors (Lipinski definition) is 6. The third kappa shape index (κ3) is 7.91. The van der Waals surface area contributed by atoms with Crippen LogP contribution >= 0.6 is 15.9 Å². The molecular weight excluding hydrogens is 616 g/mol. The minimum Gasteiger partial charge on any atom is -1.00 e. The average Bonchev–Trinajstić information content (AvgIpc) is 2.84. The van der Waals surface area contributed by atoms with E-state index in [9.17, 15) is 14.9 Å². The van der Waals surface area contributed by atoms with Gasteiger partial charge < -0.3 is 32.1 Å². The summed E-state index contributed by atoms with van der Waals surface area (Å²) in [5, 5.41) is 17.8. The molecule has 3 aromatic carbocycles. The Kier molecular flexibility index (Phi) is 9.67. The largest absolute Gasteiger partial charge is 1.00 e. The molecule has 0 atom stereocenters. The quantitative estimate of drug-likeness (QED) is 0.126. The highest BCUT2D eigenvalue weighted by molar-refractivity contribution is 9.10. The number of rotatable bonds is 9. The first kappa shape index (κ1) is 28.9. The van der Waals surface area contributed by atoms with Crippen molar-refractivity contribution in [3.05, 3.63) is 105 Å². The molecule has 0 fully saturated rings. The average molecular weight is 642 g/mol. The van der Waals surface area contributed by atoms with E-state index in [0.29, 0.717) is 29.1 Å². The van der Waals surface area contributed by atoms with Crippen molar-refractivity contribution in [3.8, 4) is 0 Å². The fourth-order valence-electron chi connectivity index (χ4n) is 3.85. The van der Waals surface area contributed by atoms with Gasteiger partial charge in [-0.2, -0.15) is 0 Å². The van der Waals surface area contributed by atoms with E-state index >= 15 is 0 Å². The number of fused-ring (bicyclic) bond motifs is 1. The van der Waals surface area contributed by atoms with Gasteiger partial charge in [-0.25, -0.2) is 9.97 Å². The molecule has 0 aliphatic carbocycles. The van der Waals surface area contributed by atoms with E-state index < -0.39 is 4.92 Å². The highest BCUT2D eigenvalue weighted by atomic mass is 79.9. The molecule has 4 aromatic rings. The van der Waals surface area contributed by atoms with Gasteiger partial charge >= 0.3 is 0 Å². The molecule has 0 bridgehead atoms. The third-order valence-electron chi connectivity index (χ3n) is 5.62. The molecule has 1 amide bonds. The Morgan fingerprint density at radius 3 is 2.53 bits per heavy atom. The van der Waals surface area contributed by atoms with E-state index in [4.69, 9.17) is 0 Å². The third-order valence-corrected chi connectivity index (χ3v) is 6.11. The molecule has 9 nitrogen and oxygen atoms in total. The van der Waals surface area contributed by atoms with Gasteiger partial charge in [-0.15, -0.1) is 0 Å². The van der Waals surface area contributed by atoms with Gasteiger partial charge in [0, 0.05) is 45.0 Å². The Morgan fingerprint density at radius 2 is 1.82 bits per heavy atom. The van der Waals surface area contributed by atoms with Gasteiger partial charge in [0.15, 0.2) is 0 Å². The van der Waals surface area contributed by atoms with Crippen LogP contribution in [0, 0.1) is 10.1 Å². The molecule has 1 heterocycles. The van der Waals surface area contributed by atoms with Gasteiger partial charge in [0.05, 0.1) is 31.1 Å². The molecule has 0 unspecified atom stereocenters. The fourth-order valence-corrected chi connectivity index (χ4v) is 4.25. The van der Waals surface area contributed by atoms with Crippen molar-refractivity contribution in [1.82, 2.24) is 9.97 Å². The number of anilines is 3. The highest BCUT2D eigenvalue weighted by Crippen LogP contribution is 2.27. The number of hydrogen-bond donors (Lipinski definition) is 2. The Hall–Kier alpha value is -3.67. The topological polar surface area (TPSA) is 110 Å². The lowest BCUT2D eigenvalue weighted by molar-refractivity contribution is -0.897. The fraction of sp³-hybridized carbons (Fsp3) is 0.148. The number of amides is 1. The number of nitro groups is 1. The minimum absolute atomic E-state index is 0. The van der Waals surface area contributed by atoms with Crippen LogP contribution in [0.1, 0.15) is 5.56 Å². The molecule has 4 rings (SSSR count). The van der Waals surface area contributed by atoms with Gasteiger partial charge in [-0.3, -0.25) is 14.9 Å². The minimum atomic E-state index is -0.409. The molecule has 0 saturated heterocycles. The maximum absolute atomic E-state index is 12.6. The van der Waals surface area contributed by atoms with Crippen molar-refractivity contribution in [2.75, 3.05) is 31.3 Å². The number of nitrogens with zero attached hydrogens (tertiary/aromatic N) is 4. The van der Waals surface area contributed by atoms with Crippen LogP contribution in [0.25, 0.3) is 10.9 Å². The number of carbonyl (C=O) groups excluding carboxylic acids is 1. The Bertz CT molecular complexity index is 1480. The number of carbonyl (C=O) groups is 1. The van der Waals surface area contributed by atoms with Crippen LogP contribution < -0.4 is 27.6 Å². The van der Waals surface area contributed by atoms with Gasteiger partial charge in [-0.1, -0.05) is 22.0 Å². The van der Waals surface area contributed by atoms with Crippen molar-refractivity contribution in [3.63, 3.8) is 0 Å². The standard InChI is InChI=1S/C27H25BrN6O3.BrH/c1-34(2,17-19-8-11-23(12-9-19)33(36)37)14-4-7-26(35)31-22-10-13-25-24(16-22)27(30-18-29-25)32-21-6-3-5-20(28)15-21;/h3-13,15-16,18H,14,17H2,1-2H3,(H-,29,30,31,32,35);1H/b7-4+;. The summed E-state index contributed by atoms with van der Waals surface area (Å²) in [6, 6.07) is 19.8. The van der Waals surface area contributed by atoms with E-state index in [-0.39, 0.29) is 28.6 Å².